The molecule has 0 unspecified atom stereocenters. The van der Waals surface area contributed by atoms with Crippen molar-refractivity contribution in [2.45, 2.75) is 18.9 Å². The van der Waals surface area contributed by atoms with Crippen LogP contribution in [0, 0.1) is 5.92 Å². The van der Waals surface area contributed by atoms with Crippen LogP contribution in [0.4, 0.5) is 0 Å². The summed E-state index contributed by atoms with van der Waals surface area (Å²) in [4.78, 5) is 0. The number of nitrogens with zero attached hydrogens (tertiary/aromatic N) is 2. The average molecular weight is 195 g/mol. The largest absolute Gasteiger partial charge is 0.386 e. The molecule has 14 heavy (non-hydrogen) atoms. The van der Waals surface area contributed by atoms with Gasteiger partial charge in [0.2, 0.25) is 0 Å². The normalized spacial score (nSPS) is 24.9. The molecule has 2 atom stereocenters. The van der Waals surface area contributed by atoms with Gasteiger partial charge in [0.15, 0.2) is 0 Å². The molecule has 0 saturated carbocycles. The van der Waals surface area contributed by atoms with E-state index in [0.29, 0.717) is 5.92 Å². The summed E-state index contributed by atoms with van der Waals surface area (Å²) in [5, 5.41) is 17.5. The van der Waals surface area contributed by atoms with Crippen LogP contribution < -0.4 is 5.32 Å². The zero-order valence-corrected chi connectivity index (χ0v) is 8.48. The predicted molar refractivity (Wildman–Crippen MR) is 53.8 cm³/mol. The SMILES string of the molecule is Cn1nccc1[C@@H](O)[C@@H]1CCCNC1. The Morgan fingerprint density at radius 1 is 1.71 bits per heavy atom. The first kappa shape index (κ1) is 9.68. The Labute approximate surface area is 83.9 Å². The molecule has 1 aliphatic heterocycles. The lowest BCUT2D eigenvalue weighted by Crippen LogP contribution is -2.33. The van der Waals surface area contributed by atoms with Gasteiger partial charge in [0.1, 0.15) is 0 Å². The van der Waals surface area contributed by atoms with Crippen LogP contribution in [0.1, 0.15) is 24.6 Å². The van der Waals surface area contributed by atoms with E-state index >= 15 is 0 Å². The van der Waals surface area contributed by atoms with Crippen molar-refractivity contribution in [3.05, 3.63) is 18.0 Å². The molecular weight excluding hydrogens is 178 g/mol. The number of aromatic nitrogens is 2. The van der Waals surface area contributed by atoms with Gasteiger partial charge in [0.25, 0.3) is 0 Å². The van der Waals surface area contributed by atoms with Crippen molar-refractivity contribution in [1.29, 1.82) is 0 Å². The summed E-state index contributed by atoms with van der Waals surface area (Å²) in [7, 11) is 1.87. The second kappa shape index (κ2) is 4.11. The zero-order valence-electron chi connectivity index (χ0n) is 8.48. The second-order valence-electron chi connectivity index (χ2n) is 3.93. The number of piperidine rings is 1. The van der Waals surface area contributed by atoms with E-state index in [0.717, 1.165) is 31.6 Å². The molecule has 2 N–H and O–H groups in total. The van der Waals surface area contributed by atoms with Crippen molar-refractivity contribution < 1.29 is 5.11 Å². The fourth-order valence-corrected chi connectivity index (χ4v) is 2.06. The molecule has 0 aliphatic carbocycles. The molecule has 2 heterocycles. The Morgan fingerprint density at radius 2 is 2.57 bits per heavy atom. The third-order valence-electron chi connectivity index (χ3n) is 2.94. The van der Waals surface area contributed by atoms with Gasteiger partial charge in [-0.05, 0) is 25.5 Å². The summed E-state index contributed by atoms with van der Waals surface area (Å²) >= 11 is 0. The monoisotopic (exact) mass is 195 g/mol. The molecule has 0 spiro atoms. The minimum absolute atomic E-state index is 0.333. The molecule has 1 aromatic heterocycles. The number of hydrogen-bond donors (Lipinski definition) is 2. The van der Waals surface area contributed by atoms with Gasteiger partial charge in [-0.2, -0.15) is 5.10 Å². The van der Waals surface area contributed by atoms with E-state index in [9.17, 15) is 5.11 Å². The van der Waals surface area contributed by atoms with E-state index < -0.39 is 0 Å². The smallest absolute Gasteiger partial charge is 0.0996 e. The molecular formula is C10H17N3O. The van der Waals surface area contributed by atoms with E-state index in [2.05, 4.69) is 10.4 Å². The number of nitrogens with one attached hydrogen (secondary N) is 1. The van der Waals surface area contributed by atoms with Crippen molar-refractivity contribution in [2.75, 3.05) is 13.1 Å². The van der Waals surface area contributed by atoms with Crippen LogP contribution in [-0.2, 0) is 7.05 Å². The van der Waals surface area contributed by atoms with Gasteiger partial charge in [-0.3, -0.25) is 4.68 Å². The molecule has 1 aliphatic rings. The van der Waals surface area contributed by atoms with Crippen molar-refractivity contribution in [3.63, 3.8) is 0 Å². The molecule has 0 radical (unpaired) electrons. The van der Waals surface area contributed by atoms with Crippen LogP contribution in [0.2, 0.25) is 0 Å². The minimum Gasteiger partial charge on any atom is -0.386 e. The van der Waals surface area contributed by atoms with Crippen molar-refractivity contribution in [1.82, 2.24) is 15.1 Å². The lowest BCUT2D eigenvalue weighted by Gasteiger charge is -2.27. The molecule has 1 fully saturated rings. The zero-order chi connectivity index (χ0) is 9.97. The van der Waals surface area contributed by atoms with Crippen molar-refractivity contribution in [2.24, 2.45) is 13.0 Å². The summed E-state index contributed by atoms with van der Waals surface area (Å²) in [6, 6.07) is 1.89. The molecule has 4 heteroatoms. The standard InChI is InChI=1S/C10H17N3O/c1-13-9(4-6-12-13)10(14)8-3-2-5-11-7-8/h4,6,8,10-11,14H,2-3,5,7H2,1H3/t8-,10+/m1/s1. The Hall–Kier alpha value is -0.870. The summed E-state index contributed by atoms with van der Waals surface area (Å²) < 4.78 is 1.75. The van der Waals surface area contributed by atoms with Gasteiger partial charge in [-0.25, -0.2) is 0 Å². The van der Waals surface area contributed by atoms with Gasteiger partial charge in [-0.15, -0.1) is 0 Å². The van der Waals surface area contributed by atoms with Crippen molar-refractivity contribution >= 4 is 0 Å². The second-order valence-corrected chi connectivity index (χ2v) is 3.93. The molecule has 78 valence electrons. The van der Waals surface area contributed by atoms with E-state index in [4.69, 9.17) is 0 Å². The first-order chi connectivity index (χ1) is 6.79. The van der Waals surface area contributed by atoms with Crippen LogP contribution in [-0.4, -0.2) is 28.0 Å². The van der Waals surface area contributed by atoms with Crippen LogP contribution >= 0.6 is 0 Å². The number of hydrogen-bond acceptors (Lipinski definition) is 3. The van der Waals surface area contributed by atoms with Crippen LogP contribution in [0.5, 0.6) is 0 Å². The fourth-order valence-electron chi connectivity index (χ4n) is 2.06. The molecule has 1 aromatic rings. The van der Waals surface area contributed by atoms with Gasteiger partial charge in [0, 0.05) is 25.7 Å². The maximum atomic E-state index is 10.1. The Kier molecular flexibility index (Phi) is 2.84. The lowest BCUT2D eigenvalue weighted by atomic mass is 9.92. The van der Waals surface area contributed by atoms with Crippen LogP contribution in [0.15, 0.2) is 12.3 Å². The van der Waals surface area contributed by atoms with E-state index in [1.807, 2.05) is 13.1 Å². The predicted octanol–water partition coefficient (Wildman–Crippen LogP) is 0.453. The highest BCUT2D eigenvalue weighted by Crippen LogP contribution is 2.26. The maximum absolute atomic E-state index is 10.1. The summed E-state index contributed by atoms with van der Waals surface area (Å²) in [5.74, 6) is 0.333. The number of aliphatic hydroxyl groups is 1. The Morgan fingerprint density at radius 3 is 3.14 bits per heavy atom. The van der Waals surface area contributed by atoms with Gasteiger partial charge < -0.3 is 10.4 Å². The van der Waals surface area contributed by atoms with Crippen LogP contribution in [0.3, 0.4) is 0 Å². The van der Waals surface area contributed by atoms with Gasteiger partial charge in [-0.1, -0.05) is 0 Å². The van der Waals surface area contributed by atoms with E-state index in [-0.39, 0.29) is 6.10 Å². The van der Waals surface area contributed by atoms with E-state index in [1.54, 1.807) is 10.9 Å². The van der Waals surface area contributed by atoms with Crippen molar-refractivity contribution in [3.8, 4) is 0 Å². The number of aryl methyl sites for hydroxylation is 1. The maximum Gasteiger partial charge on any atom is 0.0996 e. The molecule has 1 saturated heterocycles. The molecule has 2 rings (SSSR count). The number of aliphatic hydroxyl groups excluding tert-OH is 1. The van der Waals surface area contributed by atoms with Crippen LogP contribution in [0.25, 0.3) is 0 Å². The first-order valence-corrected chi connectivity index (χ1v) is 5.15. The summed E-state index contributed by atoms with van der Waals surface area (Å²) in [6.07, 6.45) is 3.60. The highest BCUT2D eigenvalue weighted by Gasteiger charge is 2.24. The summed E-state index contributed by atoms with van der Waals surface area (Å²) in [6.45, 7) is 1.99. The average Bonchev–Trinajstić information content (AvgIpc) is 2.65. The fraction of sp³-hybridized carbons (Fsp3) is 0.700. The van der Waals surface area contributed by atoms with E-state index in [1.165, 1.54) is 0 Å². The molecule has 0 aromatic carbocycles. The lowest BCUT2D eigenvalue weighted by molar-refractivity contribution is 0.0848. The third-order valence-corrected chi connectivity index (χ3v) is 2.94. The molecule has 0 bridgehead atoms. The Bertz CT molecular complexity index is 291. The number of rotatable bonds is 2. The third kappa shape index (κ3) is 1.81. The first-order valence-electron chi connectivity index (χ1n) is 5.15. The quantitative estimate of drug-likeness (QED) is 0.720. The summed E-state index contributed by atoms with van der Waals surface area (Å²) in [5.41, 5.74) is 0.915. The topological polar surface area (TPSA) is 50.1 Å². The van der Waals surface area contributed by atoms with Gasteiger partial charge in [0.05, 0.1) is 11.8 Å². The molecule has 4 nitrogen and oxygen atoms in total. The molecule has 0 amide bonds. The Balaban J connectivity index is 2.07. The van der Waals surface area contributed by atoms with Gasteiger partial charge >= 0.3 is 0 Å². The minimum atomic E-state index is -0.379. The highest BCUT2D eigenvalue weighted by atomic mass is 16.3. The highest BCUT2D eigenvalue weighted by molar-refractivity contribution is 5.06.